The van der Waals surface area contributed by atoms with Gasteiger partial charge in [-0.1, -0.05) is 23.7 Å². The van der Waals surface area contributed by atoms with E-state index in [-0.39, 0.29) is 10.9 Å². The minimum absolute atomic E-state index is 0.148. The molecule has 1 heterocycles. The van der Waals surface area contributed by atoms with Crippen molar-refractivity contribution in [3.63, 3.8) is 0 Å². The first kappa shape index (κ1) is 23.0. The van der Waals surface area contributed by atoms with E-state index in [1.54, 1.807) is 0 Å². The molecule has 5 rings (SSSR count). The molecule has 2 unspecified atom stereocenters. The first-order chi connectivity index (χ1) is 16.4. The molecule has 1 amide bonds. The fourth-order valence-corrected chi connectivity index (χ4v) is 5.70. The Hall–Kier alpha value is -2.73. The van der Waals surface area contributed by atoms with E-state index in [2.05, 4.69) is 22.3 Å². The Morgan fingerprint density at radius 2 is 1.88 bits per heavy atom. The molecule has 34 heavy (non-hydrogen) atoms. The van der Waals surface area contributed by atoms with E-state index in [1.807, 2.05) is 26.2 Å². The summed E-state index contributed by atoms with van der Waals surface area (Å²) in [7, 11) is 4.07. The maximum atomic E-state index is 13.2. The van der Waals surface area contributed by atoms with Crippen molar-refractivity contribution in [2.24, 2.45) is 17.8 Å². The molecule has 2 fully saturated rings. The van der Waals surface area contributed by atoms with Crippen molar-refractivity contribution in [2.45, 2.75) is 38.0 Å². The number of benzene rings is 2. The highest BCUT2D eigenvalue weighted by atomic mass is 35.5. The molecule has 2 saturated carbocycles. The van der Waals surface area contributed by atoms with Gasteiger partial charge in [0.05, 0.1) is 16.1 Å². The number of carbonyl (C=O) groups excluding carboxylic acids is 1. The zero-order valence-corrected chi connectivity index (χ0v) is 20.4. The van der Waals surface area contributed by atoms with Crippen molar-refractivity contribution in [3.05, 3.63) is 64.7 Å². The molecule has 0 bridgehead atoms. The van der Waals surface area contributed by atoms with Crippen molar-refractivity contribution in [1.29, 1.82) is 0 Å². The maximum Gasteiger partial charge on any atom is 0.252 e. The number of hydrogen-bond donors (Lipinski definition) is 1. The van der Waals surface area contributed by atoms with Gasteiger partial charge in [-0.05, 0) is 80.2 Å². The highest BCUT2D eigenvalue weighted by Gasteiger charge is 2.46. The van der Waals surface area contributed by atoms with Gasteiger partial charge in [0.2, 0.25) is 0 Å². The summed E-state index contributed by atoms with van der Waals surface area (Å²) in [4.78, 5) is 24.4. The molecule has 7 heteroatoms. The highest BCUT2D eigenvalue weighted by molar-refractivity contribution is 6.33. The van der Waals surface area contributed by atoms with Gasteiger partial charge in [0.1, 0.15) is 17.5 Å². The van der Waals surface area contributed by atoms with Crippen LogP contribution in [0.3, 0.4) is 0 Å². The maximum absolute atomic E-state index is 13.2. The lowest BCUT2D eigenvalue weighted by Gasteiger charge is -2.29. The summed E-state index contributed by atoms with van der Waals surface area (Å²) in [6.45, 7) is 0.632. The van der Waals surface area contributed by atoms with Gasteiger partial charge in [0, 0.05) is 31.9 Å². The van der Waals surface area contributed by atoms with Crippen LogP contribution in [0.1, 0.15) is 54.2 Å². The van der Waals surface area contributed by atoms with Crippen LogP contribution in [-0.4, -0.2) is 36.5 Å². The van der Waals surface area contributed by atoms with Crippen molar-refractivity contribution < 1.29 is 9.18 Å². The number of hydrogen-bond acceptors (Lipinski definition) is 4. The first-order valence-electron chi connectivity index (χ1n) is 12.1. The lowest BCUT2D eigenvalue weighted by molar-refractivity contribution is 0.0940. The largest absolute Gasteiger partial charge is 0.362 e. The van der Waals surface area contributed by atoms with Gasteiger partial charge >= 0.3 is 0 Å². The van der Waals surface area contributed by atoms with Gasteiger partial charge in [-0.25, -0.2) is 14.4 Å². The van der Waals surface area contributed by atoms with E-state index in [1.165, 1.54) is 37.5 Å². The summed E-state index contributed by atoms with van der Waals surface area (Å²) in [6, 6.07) is 12.1. The number of aromatic nitrogens is 2. The van der Waals surface area contributed by atoms with E-state index in [0.717, 1.165) is 35.4 Å². The number of carbonyl (C=O) groups is 1. The number of halogens is 2. The van der Waals surface area contributed by atoms with Crippen LogP contribution in [0.5, 0.6) is 0 Å². The molecule has 0 saturated heterocycles. The lowest BCUT2D eigenvalue weighted by Crippen LogP contribution is -2.31. The normalized spacial score (nSPS) is 24.1. The molecule has 1 N–H and O–H groups in total. The number of rotatable bonds is 6. The average Bonchev–Trinajstić information content (AvgIpc) is 3.63. The van der Waals surface area contributed by atoms with Crippen LogP contribution in [0.25, 0.3) is 10.9 Å². The quantitative estimate of drug-likeness (QED) is 0.482. The molecule has 5 nitrogen and oxygen atoms in total. The van der Waals surface area contributed by atoms with E-state index in [4.69, 9.17) is 21.6 Å². The molecule has 2 aliphatic carbocycles. The minimum Gasteiger partial charge on any atom is -0.362 e. The molecule has 0 aliphatic heterocycles. The predicted octanol–water partition coefficient (Wildman–Crippen LogP) is 5.83. The second kappa shape index (κ2) is 9.49. The Labute approximate surface area is 204 Å². The smallest absolute Gasteiger partial charge is 0.252 e. The van der Waals surface area contributed by atoms with Crippen LogP contribution in [0, 0.1) is 23.6 Å². The third-order valence-electron chi connectivity index (χ3n) is 7.42. The van der Waals surface area contributed by atoms with E-state index in [0.29, 0.717) is 35.8 Å². The lowest BCUT2D eigenvalue weighted by atomic mass is 9.79. The summed E-state index contributed by atoms with van der Waals surface area (Å²) in [5, 5.41) is 4.23. The Morgan fingerprint density at radius 1 is 1.12 bits per heavy atom. The zero-order chi connectivity index (χ0) is 23.8. The topological polar surface area (TPSA) is 58.1 Å². The number of nitrogens with one attached hydrogen (secondary N) is 1. The standard InChI is InChI=1S/C27H30ClFN4O/c1-33(2)26-20-5-3-4-6-24(20)31-25(32-26)22-14-21(22)17-9-7-16(8-10-17)15-30-27(34)19-12-11-18(29)13-23(19)28/h3-6,11-13,16-17,21-22H,7-10,14-15H2,1-2H3,(H,30,34). The van der Waals surface area contributed by atoms with Crippen molar-refractivity contribution in [3.8, 4) is 0 Å². The van der Waals surface area contributed by atoms with Crippen LogP contribution in [0.15, 0.2) is 42.5 Å². The number of nitrogens with zero attached hydrogens (tertiary/aromatic N) is 3. The molecule has 2 aliphatic rings. The summed E-state index contributed by atoms with van der Waals surface area (Å²) in [5.41, 5.74) is 1.34. The Kier molecular flexibility index (Phi) is 6.43. The monoisotopic (exact) mass is 480 g/mol. The van der Waals surface area contributed by atoms with Crippen molar-refractivity contribution >= 4 is 34.2 Å². The summed E-state index contributed by atoms with van der Waals surface area (Å²) < 4.78 is 13.2. The molecular weight excluding hydrogens is 451 g/mol. The summed E-state index contributed by atoms with van der Waals surface area (Å²) in [6.07, 6.45) is 5.72. The number of para-hydroxylation sites is 1. The molecule has 178 valence electrons. The molecule has 2 atom stereocenters. The predicted molar refractivity (Wildman–Crippen MR) is 134 cm³/mol. The van der Waals surface area contributed by atoms with Crippen LogP contribution >= 0.6 is 11.6 Å². The Morgan fingerprint density at radius 3 is 2.62 bits per heavy atom. The summed E-state index contributed by atoms with van der Waals surface area (Å²) in [5.74, 6) is 3.57. The fourth-order valence-electron chi connectivity index (χ4n) is 5.44. The van der Waals surface area contributed by atoms with E-state index in [9.17, 15) is 9.18 Å². The Balaban J connectivity index is 1.16. The third-order valence-corrected chi connectivity index (χ3v) is 7.73. The SMILES string of the molecule is CN(C)c1nc(C2CC2C2CCC(CNC(=O)c3ccc(F)cc3Cl)CC2)nc2ccccc12. The van der Waals surface area contributed by atoms with Gasteiger partial charge in [0.15, 0.2) is 0 Å². The van der Waals surface area contributed by atoms with Gasteiger partial charge in [-0.2, -0.15) is 0 Å². The second-order valence-corrected chi connectivity index (χ2v) is 10.3. The second-order valence-electron chi connectivity index (χ2n) is 9.94. The molecule has 0 spiro atoms. The molecule has 1 aromatic heterocycles. The van der Waals surface area contributed by atoms with Gasteiger partial charge < -0.3 is 10.2 Å². The molecule has 2 aromatic carbocycles. The van der Waals surface area contributed by atoms with Crippen LogP contribution in [-0.2, 0) is 0 Å². The van der Waals surface area contributed by atoms with Crippen molar-refractivity contribution in [1.82, 2.24) is 15.3 Å². The number of fused-ring (bicyclic) bond motifs is 1. The first-order valence-corrected chi connectivity index (χ1v) is 12.5. The molecule has 0 radical (unpaired) electrons. The minimum atomic E-state index is -0.440. The molecular formula is C27H30ClFN4O. The number of amides is 1. The van der Waals surface area contributed by atoms with Crippen LogP contribution in [0.4, 0.5) is 10.2 Å². The van der Waals surface area contributed by atoms with Gasteiger partial charge in [0.25, 0.3) is 5.91 Å². The van der Waals surface area contributed by atoms with Crippen LogP contribution < -0.4 is 10.2 Å². The van der Waals surface area contributed by atoms with Gasteiger partial charge in [-0.15, -0.1) is 0 Å². The average molecular weight is 481 g/mol. The third kappa shape index (κ3) is 4.74. The van der Waals surface area contributed by atoms with E-state index < -0.39 is 5.82 Å². The highest BCUT2D eigenvalue weighted by Crippen LogP contribution is 2.55. The number of anilines is 1. The molecule has 3 aromatic rings. The zero-order valence-electron chi connectivity index (χ0n) is 19.6. The van der Waals surface area contributed by atoms with Gasteiger partial charge in [-0.3, -0.25) is 4.79 Å². The Bertz CT molecular complexity index is 1210. The fraction of sp³-hybridized carbons (Fsp3) is 0.444. The summed E-state index contributed by atoms with van der Waals surface area (Å²) >= 11 is 6.02. The van der Waals surface area contributed by atoms with Crippen molar-refractivity contribution in [2.75, 3.05) is 25.5 Å². The van der Waals surface area contributed by atoms with Crippen LogP contribution in [0.2, 0.25) is 5.02 Å². The van der Waals surface area contributed by atoms with E-state index >= 15 is 0 Å².